The lowest BCUT2D eigenvalue weighted by Gasteiger charge is -2.58. The van der Waals surface area contributed by atoms with Crippen molar-refractivity contribution >= 4 is 11.6 Å². The van der Waals surface area contributed by atoms with Gasteiger partial charge in [-0.15, -0.1) is 0 Å². The predicted molar refractivity (Wildman–Crippen MR) is 97.7 cm³/mol. The summed E-state index contributed by atoms with van der Waals surface area (Å²) in [6, 6.07) is 0. The first kappa shape index (κ1) is 18.0. The SMILES string of the molecule is C[C@H]1C[C@H]2[C@@H]3CCC4=CC(=O)C5OC5[C@]4(C)[C@H]3CC[C@]2(C)[C@@]1(O)C(=O)CO. The molecule has 5 heteroatoms. The molecule has 5 aliphatic rings. The summed E-state index contributed by atoms with van der Waals surface area (Å²) < 4.78 is 5.83. The topological polar surface area (TPSA) is 87.1 Å². The number of carbonyl (C=O) groups excluding carboxylic acids is 2. The maximum Gasteiger partial charge on any atom is 0.190 e. The van der Waals surface area contributed by atoms with Crippen LogP contribution in [-0.2, 0) is 14.3 Å². The van der Waals surface area contributed by atoms with Gasteiger partial charge in [0.1, 0.15) is 24.4 Å². The molecule has 27 heavy (non-hydrogen) atoms. The second-order valence-electron chi connectivity index (χ2n) is 10.2. The summed E-state index contributed by atoms with van der Waals surface area (Å²) in [4.78, 5) is 24.8. The molecule has 0 aromatic heterocycles. The lowest BCUT2D eigenvalue weighted by molar-refractivity contribution is -0.170. The van der Waals surface area contributed by atoms with Crippen LogP contribution in [0, 0.1) is 34.5 Å². The van der Waals surface area contributed by atoms with E-state index in [1.807, 2.05) is 13.0 Å². The molecule has 4 aliphatic carbocycles. The maximum absolute atomic E-state index is 12.6. The maximum atomic E-state index is 12.6. The minimum absolute atomic E-state index is 0.0129. The first-order valence-electron chi connectivity index (χ1n) is 10.5. The van der Waals surface area contributed by atoms with E-state index in [1.165, 1.54) is 5.57 Å². The summed E-state index contributed by atoms with van der Waals surface area (Å²) in [5, 5.41) is 21.0. The highest BCUT2D eigenvalue weighted by atomic mass is 16.6. The fourth-order valence-electron chi connectivity index (χ4n) is 7.98. The Labute approximate surface area is 160 Å². The van der Waals surface area contributed by atoms with Crippen LogP contribution in [0.15, 0.2) is 11.6 Å². The van der Waals surface area contributed by atoms with E-state index in [9.17, 15) is 19.8 Å². The smallest absolute Gasteiger partial charge is 0.190 e. The normalized spacial score (nSPS) is 55.7. The van der Waals surface area contributed by atoms with Crippen LogP contribution in [0.1, 0.15) is 52.9 Å². The van der Waals surface area contributed by atoms with Gasteiger partial charge in [-0.2, -0.15) is 0 Å². The molecule has 1 saturated heterocycles. The number of hydrogen-bond donors (Lipinski definition) is 2. The molecule has 4 fully saturated rings. The van der Waals surface area contributed by atoms with E-state index in [-0.39, 0.29) is 35.2 Å². The highest BCUT2D eigenvalue weighted by Crippen LogP contribution is 2.70. The fraction of sp³-hybridized carbons (Fsp3) is 0.818. The number of aliphatic hydroxyl groups excluding tert-OH is 1. The van der Waals surface area contributed by atoms with E-state index in [4.69, 9.17) is 4.74 Å². The van der Waals surface area contributed by atoms with E-state index in [1.54, 1.807) is 0 Å². The van der Waals surface area contributed by atoms with Crippen LogP contribution in [0.4, 0.5) is 0 Å². The molecule has 1 heterocycles. The minimum Gasteiger partial charge on any atom is -0.388 e. The van der Waals surface area contributed by atoms with Crippen molar-refractivity contribution in [2.75, 3.05) is 6.61 Å². The quantitative estimate of drug-likeness (QED) is 0.723. The summed E-state index contributed by atoms with van der Waals surface area (Å²) in [6.45, 7) is 5.71. The zero-order valence-corrected chi connectivity index (χ0v) is 16.4. The fourth-order valence-corrected chi connectivity index (χ4v) is 7.98. The summed E-state index contributed by atoms with van der Waals surface area (Å²) in [7, 11) is 0. The molecule has 0 radical (unpaired) electrons. The lowest BCUT2D eigenvalue weighted by Crippen LogP contribution is -2.60. The summed E-state index contributed by atoms with van der Waals surface area (Å²) in [5.74, 6) is 0.678. The molecule has 9 atom stereocenters. The van der Waals surface area contributed by atoms with Crippen molar-refractivity contribution in [3.05, 3.63) is 11.6 Å². The Morgan fingerprint density at radius 1 is 1.30 bits per heavy atom. The highest BCUT2D eigenvalue weighted by molar-refractivity contribution is 5.98. The van der Waals surface area contributed by atoms with Gasteiger partial charge in [0.15, 0.2) is 11.6 Å². The average molecular weight is 374 g/mol. The van der Waals surface area contributed by atoms with Gasteiger partial charge in [-0.05, 0) is 61.9 Å². The number of rotatable bonds is 2. The van der Waals surface area contributed by atoms with Crippen LogP contribution in [0.2, 0.25) is 0 Å². The van der Waals surface area contributed by atoms with Crippen LogP contribution in [0.3, 0.4) is 0 Å². The van der Waals surface area contributed by atoms with E-state index >= 15 is 0 Å². The number of Topliss-reactive ketones (excluding diaryl/α,β-unsaturated/α-hetero) is 1. The zero-order chi connectivity index (χ0) is 19.4. The Bertz CT molecular complexity index is 758. The van der Waals surface area contributed by atoms with Crippen molar-refractivity contribution in [3.8, 4) is 0 Å². The number of carbonyl (C=O) groups is 2. The largest absolute Gasteiger partial charge is 0.388 e. The molecule has 5 nitrogen and oxygen atoms in total. The Morgan fingerprint density at radius 2 is 2.04 bits per heavy atom. The number of ether oxygens (including phenoxy) is 1. The molecule has 0 aromatic carbocycles. The highest BCUT2D eigenvalue weighted by Gasteiger charge is 2.71. The van der Waals surface area contributed by atoms with Crippen molar-refractivity contribution in [1.29, 1.82) is 0 Å². The van der Waals surface area contributed by atoms with Crippen molar-refractivity contribution in [1.82, 2.24) is 0 Å². The molecule has 148 valence electrons. The van der Waals surface area contributed by atoms with E-state index in [0.29, 0.717) is 11.8 Å². The van der Waals surface area contributed by atoms with Gasteiger partial charge in [0.2, 0.25) is 0 Å². The summed E-state index contributed by atoms with van der Waals surface area (Å²) >= 11 is 0. The molecule has 3 saturated carbocycles. The Balaban J connectivity index is 1.54. The Hall–Kier alpha value is -1.04. The number of hydrogen-bond acceptors (Lipinski definition) is 5. The lowest BCUT2D eigenvalue weighted by atomic mass is 9.46. The Morgan fingerprint density at radius 3 is 2.74 bits per heavy atom. The molecule has 0 amide bonds. The molecule has 0 bridgehead atoms. The third kappa shape index (κ3) is 1.91. The van der Waals surface area contributed by atoms with Crippen molar-refractivity contribution in [2.24, 2.45) is 34.5 Å². The van der Waals surface area contributed by atoms with Crippen LogP contribution < -0.4 is 0 Å². The molecule has 2 unspecified atom stereocenters. The molecular formula is C22H30O5. The molecular weight excluding hydrogens is 344 g/mol. The van der Waals surface area contributed by atoms with Gasteiger partial charge in [-0.25, -0.2) is 0 Å². The molecule has 1 aliphatic heterocycles. The Kier molecular flexibility index (Phi) is 3.54. The third-order valence-corrected chi connectivity index (χ3v) is 9.48. The van der Waals surface area contributed by atoms with Gasteiger partial charge in [0.25, 0.3) is 0 Å². The minimum atomic E-state index is -1.43. The van der Waals surface area contributed by atoms with E-state index in [0.717, 1.165) is 32.1 Å². The monoisotopic (exact) mass is 374 g/mol. The van der Waals surface area contributed by atoms with Crippen LogP contribution in [0.5, 0.6) is 0 Å². The van der Waals surface area contributed by atoms with Crippen LogP contribution in [0.25, 0.3) is 0 Å². The second-order valence-corrected chi connectivity index (χ2v) is 10.2. The standard InChI is InChI=1S/C22H30O5/c1-11-8-15-13-5-4-12-9-16(24)18-19(27-18)21(12,3)14(13)6-7-20(15,2)22(11,26)17(25)10-23/h9,11,13-15,18-19,23,26H,4-8,10H2,1-3H3/t11-,13+,14-,15-,18?,19?,20-,21-,22-/m0/s1. The van der Waals surface area contributed by atoms with Gasteiger partial charge >= 0.3 is 0 Å². The van der Waals surface area contributed by atoms with Crippen molar-refractivity contribution in [2.45, 2.75) is 70.7 Å². The van der Waals surface area contributed by atoms with Gasteiger partial charge in [-0.3, -0.25) is 9.59 Å². The predicted octanol–water partition coefficient (Wildman–Crippen LogP) is 2.04. The van der Waals surface area contributed by atoms with E-state index < -0.39 is 23.4 Å². The molecule has 2 N–H and O–H groups in total. The third-order valence-electron chi connectivity index (χ3n) is 9.48. The molecule has 5 rings (SSSR count). The van der Waals surface area contributed by atoms with Gasteiger partial charge in [0.05, 0.1) is 0 Å². The number of epoxide rings is 1. The van der Waals surface area contributed by atoms with Crippen molar-refractivity contribution < 1.29 is 24.5 Å². The van der Waals surface area contributed by atoms with Gasteiger partial charge in [0, 0.05) is 10.8 Å². The zero-order valence-electron chi connectivity index (χ0n) is 16.4. The first-order valence-corrected chi connectivity index (χ1v) is 10.5. The number of ketones is 2. The summed E-state index contributed by atoms with van der Waals surface area (Å²) in [5.41, 5.74) is -0.758. The molecule has 0 aromatic rings. The summed E-state index contributed by atoms with van der Waals surface area (Å²) in [6.07, 6.45) is 6.06. The van der Waals surface area contributed by atoms with E-state index in [2.05, 4.69) is 13.8 Å². The number of aliphatic hydroxyl groups is 2. The van der Waals surface area contributed by atoms with Crippen LogP contribution >= 0.6 is 0 Å². The van der Waals surface area contributed by atoms with Gasteiger partial charge < -0.3 is 14.9 Å². The molecule has 0 spiro atoms. The first-order chi connectivity index (χ1) is 12.7. The number of fused-ring (bicyclic) bond motifs is 7. The van der Waals surface area contributed by atoms with Gasteiger partial charge in [-0.1, -0.05) is 26.3 Å². The van der Waals surface area contributed by atoms with Crippen LogP contribution in [-0.4, -0.2) is 46.2 Å². The second kappa shape index (κ2) is 5.31. The average Bonchev–Trinajstić information content (AvgIpc) is 3.42. The van der Waals surface area contributed by atoms with Crippen molar-refractivity contribution in [3.63, 3.8) is 0 Å².